The van der Waals surface area contributed by atoms with Gasteiger partial charge in [0.05, 0.1) is 25.3 Å². The van der Waals surface area contributed by atoms with Gasteiger partial charge in [-0.2, -0.15) is 13.2 Å². The number of hydrogen-bond acceptors (Lipinski definition) is 8. The van der Waals surface area contributed by atoms with E-state index >= 15 is 0 Å². The standard InChI is InChI=1S/C29H35F3N6O5/c1-27(2,33)24(40)35-22(17-43-16-20-8-4-3-5-9-20)23(39)15-36-12-13-38-26(42)37(19-29(30,31)32)25(41)28(38,18-36)14-21-10-6-7-11-34-21/h3-11,22H,12-19,33H2,1-2H3,(H,35,40)/t22-,28-/m0/s1. The summed E-state index contributed by atoms with van der Waals surface area (Å²) in [5.41, 5.74) is 4.21. The third kappa shape index (κ3) is 7.75. The van der Waals surface area contributed by atoms with Gasteiger partial charge in [0.25, 0.3) is 5.91 Å². The summed E-state index contributed by atoms with van der Waals surface area (Å²) in [5.74, 6) is -2.03. The van der Waals surface area contributed by atoms with Crippen molar-refractivity contribution in [3.63, 3.8) is 0 Å². The van der Waals surface area contributed by atoms with Gasteiger partial charge in [0.15, 0.2) is 5.78 Å². The molecule has 2 fully saturated rings. The molecule has 4 rings (SSSR count). The predicted molar refractivity (Wildman–Crippen MR) is 148 cm³/mol. The zero-order valence-corrected chi connectivity index (χ0v) is 24.0. The lowest BCUT2D eigenvalue weighted by Gasteiger charge is -2.44. The Labute approximate surface area is 247 Å². The minimum atomic E-state index is -4.79. The minimum absolute atomic E-state index is 0.0869. The van der Waals surface area contributed by atoms with E-state index in [4.69, 9.17) is 10.5 Å². The molecule has 43 heavy (non-hydrogen) atoms. The van der Waals surface area contributed by atoms with Crippen LogP contribution >= 0.6 is 0 Å². The summed E-state index contributed by atoms with van der Waals surface area (Å²) in [5, 5.41) is 2.64. The van der Waals surface area contributed by atoms with Crippen molar-refractivity contribution in [3.8, 4) is 0 Å². The monoisotopic (exact) mass is 604 g/mol. The highest BCUT2D eigenvalue weighted by Gasteiger charge is 2.61. The molecule has 0 unspecified atom stereocenters. The van der Waals surface area contributed by atoms with Gasteiger partial charge in [-0.15, -0.1) is 0 Å². The molecular weight excluding hydrogens is 569 g/mol. The second-order valence-corrected chi connectivity index (χ2v) is 11.4. The number of amides is 4. The summed E-state index contributed by atoms with van der Waals surface area (Å²) in [6.07, 6.45) is -3.44. The number of rotatable bonds is 12. The van der Waals surface area contributed by atoms with Gasteiger partial charge in [-0.25, -0.2) is 4.79 Å². The third-order valence-corrected chi connectivity index (χ3v) is 7.34. The van der Waals surface area contributed by atoms with Crippen molar-refractivity contribution in [2.45, 2.75) is 50.2 Å². The smallest absolute Gasteiger partial charge is 0.374 e. The zero-order chi connectivity index (χ0) is 31.4. The molecule has 0 bridgehead atoms. The molecular formula is C29H35F3N6O5. The van der Waals surface area contributed by atoms with Crippen molar-refractivity contribution in [1.29, 1.82) is 0 Å². The second-order valence-electron chi connectivity index (χ2n) is 11.4. The average molecular weight is 605 g/mol. The van der Waals surface area contributed by atoms with E-state index in [0.717, 1.165) is 10.5 Å². The van der Waals surface area contributed by atoms with E-state index in [9.17, 15) is 32.3 Å². The zero-order valence-electron chi connectivity index (χ0n) is 24.0. The topological polar surface area (TPSA) is 138 Å². The highest BCUT2D eigenvalue weighted by atomic mass is 19.4. The Morgan fingerprint density at radius 2 is 1.79 bits per heavy atom. The van der Waals surface area contributed by atoms with Gasteiger partial charge in [-0.05, 0) is 31.5 Å². The largest absolute Gasteiger partial charge is 0.406 e. The van der Waals surface area contributed by atoms with Crippen molar-refractivity contribution in [3.05, 3.63) is 66.0 Å². The SMILES string of the molecule is CC(C)(N)C(=O)N[C@@H](COCc1ccccc1)C(=O)CN1CCN2C(=O)N(CC(F)(F)F)C(=O)[C@]2(Cc2ccccn2)C1. The first-order valence-electron chi connectivity index (χ1n) is 13.8. The Morgan fingerprint density at radius 3 is 2.42 bits per heavy atom. The maximum atomic E-state index is 13.6. The number of nitrogens with zero attached hydrogens (tertiary/aromatic N) is 4. The molecule has 2 aliphatic heterocycles. The number of fused-ring (bicyclic) bond motifs is 1. The Kier molecular flexibility index (Phi) is 9.52. The molecule has 0 aliphatic carbocycles. The lowest BCUT2D eigenvalue weighted by Crippen LogP contribution is -2.65. The number of ether oxygens (including phenoxy) is 1. The number of hydrogen-bond donors (Lipinski definition) is 2. The number of Topliss-reactive ketones (excluding diaryl/α,β-unsaturated/α-hetero) is 1. The number of aromatic nitrogens is 1. The molecule has 0 spiro atoms. The molecule has 11 nitrogen and oxygen atoms in total. The number of alkyl halides is 3. The average Bonchev–Trinajstić information content (AvgIpc) is 3.13. The van der Waals surface area contributed by atoms with Crippen molar-refractivity contribution < 1.29 is 37.1 Å². The Bertz CT molecular complexity index is 1320. The third-order valence-electron chi connectivity index (χ3n) is 7.34. The molecule has 4 amide bonds. The minimum Gasteiger partial charge on any atom is -0.374 e. The van der Waals surface area contributed by atoms with Crippen LogP contribution in [0, 0.1) is 0 Å². The molecule has 1 aromatic carbocycles. The van der Waals surface area contributed by atoms with Gasteiger partial charge < -0.3 is 20.7 Å². The molecule has 2 saturated heterocycles. The van der Waals surface area contributed by atoms with Gasteiger partial charge in [0.1, 0.15) is 18.1 Å². The van der Waals surface area contributed by atoms with Gasteiger partial charge in [0, 0.05) is 37.9 Å². The van der Waals surface area contributed by atoms with Crippen LogP contribution in [0.1, 0.15) is 25.1 Å². The number of pyridine rings is 1. The van der Waals surface area contributed by atoms with E-state index in [0.29, 0.717) is 5.69 Å². The number of carbonyl (C=O) groups is 4. The number of benzene rings is 1. The van der Waals surface area contributed by atoms with E-state index in [1.54, 1.807) is 23.1 Å². The van der Waals surface area contributed by atoms with Crippen LogP contribution in [0.5, 0.6) is 0 Å². The first-order valence-corrected chi connectivity index (χ1v) is 13.8. The Balaban J connectivity index is 1.54. The van der Waals surface area contributed by atoms with Crippen molar-refractivity contribution >= 4 is 23.6 Å². The number of halogens is 3. The highest BCUT2D eigenvalue weighted by molar-refractivity contribution is 6.07. The number of urea groups is 1. The molecule has 14 heteroatoms. The van der Waals surface area contributed by atoms with E-state index in [1.807, 2.05) is 30.3 Å². The van der Waals surface area contributed by atoms with E-state index in [-0.39, 0.29) is 50.7 Å². The maximum Gasteiger partial charge on any atom is 0.406 e. The molecule has 2 aliphatic rings. The first-order chi connectivity index (χ1) is 20.2. The van der Waals surface area contributed by atoms with Crippen molar-refractivity contribution in [2.75, 3.05) is 39.3 Å². The molecule has 3 heterocycles. The van der Waals surface area contributed by atoms with Crippen LogP contribution in [0.2, 0.25) is 0 Å². The number of carbonyl (C=O) groups excluding carboxylic acids is 4. The summed E-state index contributed by atoms with van der Waals surface area (Å²) in [7, 11) is 0. The van der Waals surface area contributed by atoms with Crippen LogP contribution in [-0.2, 0) is 32.1 Å². The molecule has 0 radical (unpaired) electrons. The second kappa shape index (κ2) is 12.8. The molecule has 1 aromatic heterocycles. The fourth-order valence-corrected chi connectivity index (χ4v) is 5.18. The Morgan fingerprint density at radius 1 is 1.09 bits per heavy atom. The predicted octanol–water partition coefficient (Wildman–Crippen LogP) is 1.51. The highest BCUT2D eigenvalue weighted by Crippen LogP contribution is 2.36. The maximum absolute atomic E-state index is 13.6. The number of nitrogens with two attached hydrogens (primary N) is 1. The van der Waals surface area contributed by atoms with E-state index in [2.05, 4.69) is 10.3 Å². The van der Waals surface area contributed by atoms with Crippen LogP contribution in [0.3, 0.4) is 0 Å². The summed E-state index contributed by atoms with van der Waals surface area (Å²) in [4.78, 5) is 60.1. The van der Waals surface area contributed by atoms with Gasteiger partial charge >= 0.3 is 12.2 Å². The number of ketones is 1. The van der Waals surface area contributed by atoms with Crippen LogP contribution in [0.4, 0.5) is 18.0 Å². The quantitative estimate of drug-likeness (QED) is 0.348. The van der Waals surface area contributed by atoms with Crippen LogP contribution in [0.15, 0.2) is 54.7 Å². The number of piperazine rings is 1. The van der Waals surface area contributed by atoms with Crippen molar-refractivity contribution in [2.24, 2.45) is 5.73 Å². The normalized spacial score (nSPS) is 20.2. The molecule has 0 saturated carbocycles. The Hall–Kier alpha value is -3.88. The van der Waals surface area contributed by atoms with Gasteiger partial charge in [-0.3, -0.25) is 29.2 Å². The number of imide groups is 1. The molecule has 3 N–H and O–H groups in total. The van der Waals surface area contributed by atoms with Crippen LogP contribution in [-0.4, -0.2) is 106 Å². The van der Waals surface area contributed by atoms with E-state index in [1.165, 1.54) is 20.0 Å². The summed E-state index contributed by atoms with van der Waals surface area (Å²) >= 11 is 0. The van der Waals surface area contributed by atoms with Crippen molar-refractivity contribution in [1.82, 2.24) is 25.0 Å². The lowest BCUT2D eigenvalue weighted by molar-refractivity contribution is -0.156. The van der Waals surface area contributed by atoms with E-state index < -0.39 is 53.5 Å². The van der Waals surface area contributed by atoms with Gasteiger partial charge in [-0.1, -0.05) is 36.4 Å². The van der Waals surface area contributed by atoms with Gasteiger partial charge in [0.2, 0.25) is 5.91 Å². The summed E-state index contributed by atoms with van der Waals surface area (Å²) in [6.45, 7) is 0.848. The summed E-state index contributed by atoms with van der Waals surface area (Å²) < 4.78 is 45.7. The molecule has 2 atom stereocenters. The first kappa shape index (κ1) is 32.0. The summed E-state index contributed by atoms with van der Waals surface area (Å²) in [6, 6.07) is 12.0. The molecule has 2 aromatic rings. The fourth-order valence-electron chi connectivity index (χ4n) is 5.18. The van der Waals surface area contributed by atoms with Crippen LogP contribution in [0.25, 0.3) is 0 Å². The number of nitrogens with one attached hydrogen (secondary N) is 1. The van der Waals surface area contributed by atoms with Crippen LogP contribution < -0.4 is 11.1 Å². The fraction of sp³-hybridized carbons (Fsp3) is 0.483. The lowest BCUT2D eigenvalue weighted by atomic mass is 9.88. The molecule has 232 valence electrons.